The number of fused-ring (bicyclic) bond motifs is 5. The minimum atomic E-state index is -1.10. The molecule has 0 aromatic rings. The van der Waals surface area contributed by atoms with E-state index in [0.717, 1.165) is 54.8 Å². The molecule has 0 spiro atoms. The van der Waals surface area contributed by atoms with E-state index in [9.17, 15) is 14.4 Å². The van der Waals surface area contributed by atoms with E-state index in [4.69, 9.17) is 9.84 Å². The lowest BCUT2D eigenvalue weighted by Gasteiger charge is -2.58. The van der Waals surface area contributed by atoms with E-state index in [1.54, 1.807) is 0 Å². The smallest absolute Gasteiger partial charge is 0.322 e. The van der Waals surface area contributed by atoms with Gasteiger partial charge in [0, 0.05) is 12.8 Å². The molecule has 3 fully saturated rings. The van der Waals surface area contributed by atoms with Crippen molar-refractivity contribution in [2.75, 3.05) is 6.54 Å². The number of carbonyl (C=O) groups excluding carboxylic acids is 2. The van der Waals surface area contributed by atoms with Crippen LogP contribution in [0.2, 0.25) is 0 Å². The van der Waals surface area contributed by atoms with Crippen molar-refractivity contribution >= 4 is 17.8 Å². The molecule has 4 aliphatic carbocycles. The summed E-state index contributed by atoms with van der Waals surface area (Å²) in [6, 6.07) is 0. The first-order chi connectivity index (χ1) is 18.4. The Balaban J connectivity index is 1.33. The van der Waals surface area contributed by atoms with Crippen LogP contribution in [0.5, 0.6) is 0 Å². The van der Waals surface area contributed by atoms with Crippen LogP contribution in [0, 0.1) is 46.3 Å². The molecule has 220 valence electrons. The van der Waals surface area contributed by atoms with Gasteiger partial charge in [0.25, 0.3) is 0 Å². The van der Waals surface area contributed by atoms with Crippen LogP contribution in [0.1, 0.15) is 118 Å². The van der Waals surface area contributed by atoms with Crippen LogP contribution in [-0.4, -0.2) is 35.6 Å². The number of carboxylic acid groups (broad SMARTS) is 1. The Kier molecular flexibility index (Phi) is 9.53. The normalized spacial score (nSPS) is 36.3. The Morgan fingerprint density at radius 2 is 1.79 bits per heavy atom. The molecule has 0 aromatic heterocycles. The molecule has 0 aromatic carbocycles. The van der Waals surface area contributed by atoms with Gasteiger partial charge in [-0.1, -0.05) is 65.5 Å². The Labute approximate surface area is 236 Å². The lowest BCUT2D eigenvalue weighted by molar-refractivity contribution is -0.152. The topological polar surface area (TPSA) is 92.7 Å². The quantitative estimate of drug-likeness (QED) is 0.218. The van der Waals surface area contributed by atoms with Gasteiger partial charge in [0.1, 0.15) is 12.6 Å². The summed E-state index contributed by atoms with van der Waals surface area (Å²) >= 11 is 0. The first-order valence-electron chi connectivity index (χ1n) is 15.8. The highest BCUT2D eigenvalue weighted by Gasteiger charge is 2.59. The van der Waals surface area contributed by atoms with Gasteiger partial charge in [0.2, 0.25) is 5.91 Å². The maximum Gasteiger partial charge on any atom is 0.322 e. The summed E-state index contributed by atoms with van der Waals surface area (Å²) in [5.41, 5.74) is 2.20. The lowest BCUT2D eigenvalue weighted by atomic mass is 9.47. The maximum absolute atomic E-state index is 12.4. The first kappa shape index (κ1) is 30.1. The number of rotatable bonds is 11. The average molecular weight is 544 g/mol. The van der Waals surface area contributed by atoms with Crippen molar-refractivity contribution in [3.63, 3.8) is 0 Å². The third-order valence-corrected chi connectivity index (χ3v) is 11.6. The number of ether oxygens (including phenoxy) is 1. The van der Waals surface area contributed by atoms with Gasteiger partial charge in [-0.05, 0) is 91.3 Å². The van der Waals surface area contributed by atoms with Crippen LogP contribution in [0.4, 0.5) is 0 Å². The molecule has 6 heteroatoms. The van der Waals surface area contributed by atoms with E-state index in [1.165, 1.54) is 56.9 Å². The summed E-state index contributed by atoms with van der Waals surface area (Å²) in [7, 11) is 0. The summed E-state index contributed by atoms with van der Waals surface area (Å²) in [5, 5.41) is 11.0. The van der Waals surface area contributed by atoms with Gasteiger partial charge < -0.3 is 15.2 Å². The van der Waals surface area contributed by atoms with Crippen molar-refractivity contribution in [1.29, 1.82) is 0 Å². The average Bonchev–Trinajstić information content (AvgIpc) is 3.23. The molecular formula is C33H53NO5. The summed E-state index contributed by atoms with van der Waals surface area (Å²) in [6.07, 6.45) is 15.9. The Morgan fingerprint density at radius 1 is 1.03 bits per heavy atom. The predicted molar refractivity (Wildman–Crippen MR) is 153 cm³/mol. The van der Waals surface area contributed by atoms with E-state index in [1.807, 2.05) is 0 Å². The third kappa shape index (κ3) is 6.56. The molecule has 39 heavy (non-hydrogen) atoms. The fourth-order valence-electron chi connectivity index (χ4n) is 9.48. The van der Waals surface area contributed by atoms with Gasteiger partial charge in [0.05, 0.1) is 6.42 Å². The molecule has 0 aliphatic heterocycles. The first-order valence-corrected chi connectivity index (χ1v) is 15.8. The zero-order valence-corrected chi connectivity index (χ0v) is 25.1. The monoisotopic (exact) mass is 543 g/mol. The molecule has 0 saturated heterocycles. The number of hydrogen-bond acceptors (Lipinski definition) is 4. The van der Waals surface area contributed by atoms with Crippen LogP contribution >= 0.6 is 0 Å². The van der Waals surface area contributed by atoms with E-state index >= 15 is 0 Å². The Morgan fingerprint density at radius 3 is 2.51 bits per heavy atom. The number of amides is 1. The van der Waals surface area contributed by atoms with Crippen LogP contribution in [0.3, 0.4) is 0 Å². The highest BCUT2D eigenvalue weighted by molar-refractivity contribution is 5.84. The molecule has 0 bridgehead atoms. The van der Waals surface area contributed by atoms with Crippen molar-refractivity contribution in [3.8, 4) is 0 Å². The highest BCUT2D eigenvalue weighted by Crippen LogP contribution is 2.67. The van der Waals surface area contributed by atoms with E-state index in [0.29, 0.717) is 5.41 Å². The summed E-state index contributed by atoms with van der Waals surface area (Å²) < 4.78 is 5.79. The number of hydrogen-bond donors (Lipinski definition) is 2. The Hall–Kier alpha value is -1.85. The van der Waals surface area contributed by atoms with Crippen LogP contribution in [-0.2, 0) is 19.1 Å². The van der Waals surface area contributed by atoms with E-state index < -0.39 is 18.4 Å². The molecule has 4 aliphatic rings. The van der Waals surface area contributed by atoms with E-state index in [-0.39, 0.29) is 30.3 Å². The maximum atomic E-state index is 12.4. The van der Waals surface area contributed by atoms with Gasteiger partial charge in [-0.3, -0.25) is 14.4 Å². The fourth-order valence-corrected chi connectivity index (χ4v) is 9.48. The molecule has 3 saturated carbocycles. The number of aliphatic carboxylic acids is 1. The van der Waals surface area contributed by atoms with Crippen molar-refractivity contribution in [2.24, 2.45) is 46.3 Å². The molecule has 6 nitrogen and oxygen atoms in total. The Bertz CT molecular complexity index is 942. The van der Waals surface area contributed by atoms with Crippen molar-refractivity contribution < 1.29 is 24.2 Å². The lowest BCUT2D eigenvalue weighted by Crippen LogP contribution is -2.51. The predicted octanol–water partition coefficient (Wildman–Crippen LogP) is 6.92. The third-order valence-electron chi connectivity index (χ3n) is 11.6. The standard InChI is InChI=1S/C33H53NO5/c1-21(2)7-6-8-22(3)26-11-12-27-25-10-9-23-19-24(39-31(38)14-13-29(35)34-20-30(36)37)15-17-32(23,4)28(25)16-18-33(26,27)5/h9,21-22,24-28H,6-8,10-20H2,1-5H3,(H,34,35)(H,36,37). The van der Waals surface area contributed by atoms with Gasteiger partial charge in [-0.25, -0.2) is 0 Å². The van der Waals surface area contributed by atoms with Crippen molar-refractivity contribution in [1.82, 2.24) is 5.32 Å². The number of nitrogens with one attached hydrogen (secondary N) is 1. The number of esters is 1. The minimum absolute atomic E-state index is 0.0136. The van der Waals surface area contributed by atoms with Crippen molar-refractivity contribution in [3.05, 3.63) is 11.6 Å². The number of allylic oxidation sites excluding steroid dienone is 1. The second-order valence-corrected chi connectivity index (χ2v) is 14.3. The fraction of sp³-hybridized carbons (Fsp3) is 0.848. The molecule has 0 radical (unpaired) electrons. The molecule has 4 rings (SSSR count). The molecule has 8 unspecified atom stereocenters. The zero-order valence-electron chi connectivity index (χ0n) is 25.1. The molecule has 0 heterocycles. The van der Waals surface area contributed by atoms with Gasteiger partial charge in [-0.15, -0.1) is 0 Å². The highest BCUT2D eigenvalue weighted by atomic mass is 16.5. The summed E-state index contributed by atoms with van der Waals surface area (Å²) in [6.45, 7) is 11.9. The second kappa shape index (κ2) is 12.3. The summed E-state index contributed by atoms with van der Waals surface area (Å²) in [5.74, 6) is 2.97. The number of carbonyl (C=O) groups is 3. The van der Waals surface area contributed by atoms with Crippen LogP contribution in [0.15, 0.2) is 11.6 Å². The van der Waals surface area contributed by atoms with Crippen molar-refractivity contribution in [2.45, 2.75) is 124 Å². The minimum Gasteiger partial charge on any atom is -0.480 e. The van der Waals surface area contributed by atoms with Crippen LogP contribution in [0.25, 0.3) is 0 Å². The molecule has 1 amide bonds. The molecular weight excluding hydrogens is 490 g/mol. The van der Waals surface area contributed by atoms with E-state index in [2.05, 4.69) is 46.0 Å². The van der Waals surface area contributed by atoms with Gasteiger partial charge in [0.15, 0.2) is 0 Å². The van der Waals surface area contributed by atoms with Gasteiger partial charge in [-0.2, -0.15) is 0 Å². The molecule has 8 atom stereocenters. The SMILES string of the molecule is CC(C)CCCC(C)C1CCC2C3CC=C4CC(OC(=O)CCC(=O)NCC(=O)O)CCC4(C)C3CCC12C. The van der Waals surface area contributed by atoms with Crippen LogP contribution < -0.4 is 5.32 Å². The zero-order chi connectivity index (χ0) is 28.4. The van der Waals surface area contributed by atoms with Gasteiger partial charge >= 0.3 is 11.9 Å². The second-order valence-electron chi connectivity index (χ2n) is 14.3. The molecule has 2 N–H and O–H groups in total. The largest absolute Gasteiger partial charge is 0.480 e. The number of carboxylic acids is 1. The summed E-state index contributed by atoms with van der Waals surface area (Å²) in [4.78, 5) is 34.8.